The van der Waals surface area contributed by atoms with Gasteiger partial charge < -0.3 is 25.8 Å². The number of sulfonamides is 1. The topological polar surface area (TPSA) is 191 Å². The highest BCUT2D eigenvalue weighted by Gasteiger charge is 2.30. The van der Waals surface area contributed by atoms with Crippen molar-refractivity contribution in [2.75, 3.05) is 43.3 Å². The minimum atomic E-state index is -4.03. The Kier molecular flexibility index (Phi) is 10.3. The van der Waals surface area contributed by atoms with E-state index in [1.54, 1.807) is 36.2 Å². The van der Waals surface area contributed by atoms with Gasteiger partial charge in [0.25, 0.3) is 10.0 Å². The van der Waals surface area contributed by atoms with Crippen molar-refractivity contribution in [2.24, 2.45) is 4.99 Å². The first-order chi connectivity index (χ1) is 20.9. The van der Waals surface area contributed by atoms with Crippen molar-refractivity contribution in [1.29, 1.82) is 0 Å². The predicted octanol–water partition coefficient (Wildman–Crippen LogP) is 2.96. The summed E-state index contributed by atoms with van der Waals surface area (Å²) in [5, 5.41) is 17.5. The summed E-state index contributed by atoms with van der Waals surface area (Å²) in [6.45, 7) is 2.22. The molecule has 5 N–H and O–H groups in total. The Labute approximate surface area is 254 Å². The van der Waals surface area contributed by atoms with Crippen molar-refractivity contribution in [3.05, 3.63) is 77.6 Å². The summed E-state index contributed by atoms with van der Waals surface area (Å²) in [7, 11) is -0.865. The summed E-state index contributed by atoms with van der Waals surface area (Å²) in [4.78, 5) is 46.6. The van der Waals surface area contributed by atoms with E-state index >= 15 is 0 Å². The molecule has 3 amide bonds. The van der Waals surface area contributed by atoms with Gasteiger partial charge in [-0.25, -0.2) is 17.9 Å². The SMILES string of the molecule is COc1cc(CC(=O)Nc2ccc(C(CC(=O)O)NS(=O)(=O)C3=NCN(C)C3)nc2)ccc1NC(=O)Nc1ccccc1C. The first kappa shape index (κ1) is 32.1. The molecular formula is C29H33N7O7S. The van der Waals surface area contributed by atoms with E-state index < -0.39 is 34.5 Å². The number of aliphatic carboxylic acids is 1. The Balaban J connectivity index is 1.37. The zero-order valence-electron chi connectivity index (χ0n) is 24.3. The fraction of sp³-hybridized carbons (Fsp3) is 0.276. The number of anilines is 3. The minimum absolute atomic E-state index is 0.0220. The maximum atomic E-state index is 12.8. The number of ether oxygens (including phenoxy) is 1. The molecule has 2 heterocycles. The lowest BCUT2D eigenvalue weighted by molar-refractivity contribution is -0.137. The average molecular weight is 624 g/mol. The predicted molar refractivity (Wildman–Crippen MR) is 165 cm³/mol. The van der Waals surface area contributed by atoms with E-state index in [-0.39, 0.29) is 36.3 Å². The number of hydrogen-bond donors (Lipinski definition) is 5. The molecule has 232 valence electrons. The summed E-state index contributed by atoms with van der Waals surface area (Å²) in [5.74, 6) is -1.22. The lowest BCUT2D eigenvalue weighted by atomic mass is 10.1. The van der Waals surface area contributed by atoms with Gasteiger partial charge in [-0.15, -0.1) is 0 Å². The number of methoxy groups -OCH3 is 1. The van der Waals surface area contributed by atoms with E-state index in [1.165, 1.54) is 25.4 Å². The molecule has 0 spiro atoms. The Morgan fingerprint density at radius 3 is 2.43 bits per heavy atom. The third-order valence-electron chi connectivity index (χ3n) is 6.58. The number of amides is 3. The number of para-hydroxylation sites is 1. The molecular weight excluding hydrogens is 590 g/mol. The van der Waals surface area contributed by atoms with Crippen LogP contribution in [-0.2, 0) is 26.0 Å². The monoisotopic (exact) mass is 623 g/mol. The number of aliphatic imine (C=N–C) groups is 1. The number of carbonyl (C=O) groups is 3. The summed E-state index contributed by atoms with van der Waals surface area (Å²) < 4.78 is 33.3. The smallest absolute Gasteiger partial charge is 0.323 e. The van der Waals surface area contributed by atoms with Crippen LogP contribution in [0, 0.1) is 6.92 Å². The number of carboxylic acid groups (broad SMARTS) is 1. The molecule has 15 heteroatoms. The van der Waals surface area contributed by atoms with Crippen LogP contribution in [0.15, 0.2) is 65.8 Å². The molecule has 1 aliphatic rings. The highest BCUT2D eigenvalue weighted by molar-refractivity contribution is 8.04. The summed E-state index contributed by atoms with van der Waals surface area (Å²) >= 11 is 0. The van der Waals surface area contributed by atoms with E-state index in [1.807, 2.05) is 25.1 Å². The van der Waals surface area contributed by atoms with Crippen molar-refractivity contribution in [3.63, 3.8) is 0 Å². The number of nitrogens with one attached hydrogen (secondary N) is 4. The number of carboxylic acids is 1. The number of carbonyl (C=O) groups excluding carboxylic acids is 2. The summed E-state index contributed by atoms with van der Waals surface area (Å²) in [5.41, 5.74) is 3.11. The third kappa shape index (κ3) is 8.59. The van der Waals surface area contributed by atoms with Crippen molar-refractivity contribution in [3.8, 4) is 5.75 Å². The number of benzene rings is 2. The van der Waals surface area contributed by atoms with E-state index in [4.69, 9.17) is 4.74 Å². The van der Waals surface area contributed by atoms with Crippen LogP contribution in [0.2, 0.25) is 0 Å². The van der Waals surface area contributed by atoms with Gasteiger partial charge in [0.2, 0.25) is 5.91 Å². The standard InChI is InChI=1S/C29H33N7O7S/c1-18-6-4-5-7-21(18)33-29(40)34-23-10-8-19(12-25(23)43-3)13-26(37)32-20-9-11-22(30-15-20)24(14-28(38)39)35-44(41,42)27-16-36(2)17-31-27/h4-12,15,24,35H,13-14,16-17H2,1-3H3,(H,32,37)(H,38,39)(H2,33,34,40). The largest absolute Gasteiger partial charge is 0.495 e. The minimum Gasteiger partial charge on any atom is -0.495 e. The number of rotatable bonds is 11. The molecule has 1 unspecified atom stereocenters. The second-order valence-electron chi connectivity index (χ2n) is 10.1. The van der Waals surface area contributed by atoms with Gasteiger partial charge in [0, 0.05) is 5.69 Å². The Bertz CT molecular complexity index is 1680. The Morgan fingerprint density at radius 2 is 1.80 bits per heavy atom. The van der Waals surface area contributed by atoms with Crippen molar-refractivity contribution in [2.45, 2.75) is 25.8 Å². The Morgan fingerprint density at radius 1 is 1.05 bits per heavy atom. The van der Waals surface area contributed by atoms with Crippen LogP contribution in [0.25, 0.3) is 0 Å². The normalized spacial score (nSPS) is 13.9. The zero-order chi connectivity index (χ0) is 31.9. The van der Waals surface area contributed by atoms with Crippen LogP contribution in [-0.4, -0.2) is 73.7 Å². The van der Waals surface area contributed by atoms with E-state index in [9.17, 15) is 27.9 Å². The maximum Gasteiger partial charge on any atom is 0.323 e. The van der Waals surface area contributed by atoms with Crippen molar-refractivity contribution < 1.29 is 32.6 Å². The molecule has 0 radical (unpaired) electrons. The first-order valence-electron chi connectivity index (χ1n) is 13.5. The van der Waals surface area contributed by atoms with Gasteiger partial charge in [-0.3, -0.25) is 24.5 Å². The second kappa shape index (κ2) is 14.1. The fourth-order valence-corrected chi connectivity index (χ4v) is 5.68. The fourth-order valence-electron chi connectivity index (χ4n) is 4.35. The number of aromatic nitrogens is 1. The molecule has 0 saturated heterocycles. The zero-order valence-corrected chi connectivity index (χ0v) is 25.1. The van der Waals surface area contributed by atoms with Gasteiger partial charge in [0.15, 0.2) is 5.04 Å². The van der Waals surface area contributed by atoms with Crippen LogP contribution in [0.4, 0.5) is 21.9 Å². The number of hydrogen-bond acceptors (Lipinski definition) is 9. The van der Waals surface area contributed by atoms with E-state index in [0.29, 0.717) is 28.4 Å². The van der Waals surface area contributed by atoms with Gasteiger partial charge in [0.05, 0.1) is 62.5 Å². The summed E-state index contributed by atoms with van der Waals surface area (Å²) in [6.07, 6.45) is 0.755. The maximum absolute atomic E-state index is 12.8. The molecule has 0 saturated carbocycles. The third-order valence-corrected chi connectivity index (χ3v) is 8.05. The van der Waals surface area contributed by atoms with Crippen LogP contribution in [0.3, 0.4) is 0 Å². The Hall–Kier alpha value is -4.86. The van der Waals surface area contributed by atoms with Crippen LogP contribution in [0.5, 0.6) is 5.75 Å². The highest BCUT2D eigenvalue weighted by Crippen LogP contribution is 2.27. The first-order valence-corrected chi connectivity index (χ1v) is 14.9. The van der Waals surface area contributed by atoms with Crippen LogP contribution in [0.1, 0.15) is 29.3 Å². The molecule has 14 nitrogen and oxygen atoms in total. The molecule has 0 fully saturated rings. The lowest BCUT2D eigenvalue weighted by Gasteiger charge is -2.17. The average Bonchev–Trinajstić information content (AvgIpc) is 3.42. The van der Waals surface area contributed by atoms with E-state index in [2.05, 4.69) is 30.6 Å². The highest BCUT2D eigenvalue weighted by atomic mass is 32.2. The molecule has 1 atom stereocenters. The van der Waals surface area contributed by atoms with E-state index in [0.717, 1.165) is 5.56 Å². The van der Waals surface area contributed by atoms with Gasteiger partial charge in [-0.05, 0) is 55.4 Å². The van der Waals surface area contributed by atoms with Gasteiger partial charge in [-0.1, -0.05) is 24.3 Å². The molecule has 0 aliphatic carbocycles. The van der Waals surface area contributed by atoms with Gasteiger partial charge >= 0.3 is 12.0 Å². The molecule has 1 aromatic heterocycles. The molecule has 1 aliphatic heterocycles. The quantitative estimate of drug-likeness (QED) is 0.214. The number of urea groups is 1. The molecule has 0 bridgehead atoms. The van der Waals surface area contributed by atoms with Crippen molar-refractivity contribution in [1.82, 2.24) is 14.6 Å². The van der Waals surface area contributed by atoms with Crippen molar-refractivity contribution >= 4 is 50.0 Å². The molecule has 44 heavy (non-hydrogen) atoms. The second-order valence-corrected chi connectivity index (χ2v) is 11.8. The molecule has 2 aromatic carbocycles. The number of nitrogens with zero attached hydrogens (tertiary/aromatic N) is 3. The van der Waals surface area contributed by atoms with Gasteiger partial charge in [0.1, 0.15) is 5.75 Å². The van der Waals surface area contributed by atoms with Gasteiger partial charge in [-0.2, -0.15) is 0 Å². The molecule has 3 aromatic rings. The van der Waals surface area contributed by atoms with Crippen LogP contribution < -0.4 is 25.4 Å². The number of aryl methyl sites for hydroxylation is 1. The van der Waals surface area contributed by atoms with Crippen LogP contribution >= 0.6 is 0 Å². The number of pyridine rings is 1. The summed E-state index contributed by atoms with van der Waals surface area (Å²) in [6, 6.07) is 13.7. The molecule has 4 rings (SSSR count). The lowest BCUT2D eigenvalue weighted by Crippen LogP contribution is -2.37.